The van der Waals surface area contributed by atoms with Gasteiger partial charge in [0.05, 0.1) is 24.1 Å². The third-order valence-electron chi connectivity index (χ3n) is 6.69. The van der Waals surface area contributed by atoms with Crippen molar-refractivity contribution in [1.82, 2.24) is 19.9 Å². The van der Waals surface area contributed by atoms with Crippen LogP contribution in [0.15, 0.2) is 43.2 Å². The number of benzene rings is 1. The maximum Gasteiger partial charge on any atom is 0.416 e. The molecule has 3 heterocycles. The molecule has 1 saturated heterocycles. The Kier molecular flexibility index (Phi) is 7.35. The first-order valence-corrected chi connectivity index (χ1v) is 11.9. The van der Waals surface area contributed by atoms with Gasteiger partial charge >= 0.3 is 6.18 Å². The average Bonchev–Trinajstić information content (AvgIpc) is 2.86. The van der Waals surface area contributed by atoms with Gasteiger partial charge in [-0.3, -0.25) is 4.90 Å². The Bertz CT molecular complexity index is 1240. The van der Waals surface area contributed by atoms with Crippen LogP contribution in [0.1, 0.15) is 36.6 Å². The first-order valence-electron chi connectivity index (χ1n) is 11.9. The van der Waals surface area contributed by atoms with E-state index in [4.69, 9.17) is 4.74 Å². The second kappa shape index (κ2) is 10.3. The number of nitrogens with zero attached hydrogens (tertiary/aromatic N) is 5. The third kappa shape index (κ3) is 5.09. The number of alkyl halides is 3. The molecule has 2 aromatic heterocycles. The molecule has 0 bridgehead atoms. The largest absolute Gasteiger partial charge is 0.479 e. The van der Waals surface area contributed by atoms with Gasteiger partial charge in [-0.25, -0.2) is 9.97 Å². The maximum absolute atomic E-state index is 13.5. The van der Waals surface area contributed by atoms with Crippen LogP contribution in [0.3, 0.4) is 0 Å². The molecule has 1 fully saturated rings. The number of methoxy groups -OCH3 is 1. The smallest absolute Gasteiger partial charge is 0.416 e. The highest BCUT2D eigenvalue weighted by atomic mass is 19.4. The van der Waals surface area contributed by atoms with Crippen molar-refractivity contribution in [2.45, 2.75) is 39.0 Å². The van der Waals surface area contributed by atoms with Gasteiger partial charge in [0.2, 0.25) is 5.88 Å². The minimum atomic E-state index is -4.44. The molecule has 0 aliphatic carbocycles. The average molecular weight is 501 g/mol. The molecule has 0 amide bonds. The van der Waals surface area contributed by atoms with Gasteiger partial charge < -0.3 is 15.0 Å². The molecule has 192 valence electrons. The van der Waals surface area contributed by atoms with Gasteiger partial charge in [-0.05, 0) is 44.0 Å². The van der Waals surface area contributed by atoms with Crippen LogP contribution in [0, 0.1) is 6.92 Å². The quantitative estimate of drug-likeness (QED) is 0.446. The summed E-state index contributed by atoms with van der Waals surface area (Å²) in [5.74, 6) is 0.929. The van der Waals surface area contributed by atoms with E-state index in [1.54, 1.807) is 19.3 Å². The lowest BCUT2D eigenvalue weighted by Crippen LogP contribution is -2.49. The summed E-state index contributed by atoms with van der Waals surface area (Å²) in [4.78, 5) is 17.9. The van der Waals surface area contributed by atoms with E-state index in [9.17, 15) is 13.2 Å². The van der Waals surface area contributed by atoms with E-state index in [-0.39, 0.29) is 5.56 Å². The molecule has 1 N–H and O–H groups in total. The Morgan fingerprint density at radius 2 is 1.86 bits per heavy atom. The monoisotopic (exact) mass is 500 g/mol. The van der Waals surface area contributed by atoms with Gasteiger partial charge in [-0.2, -0.15) is 18.2 Å². The fraction of sp³-hybridized carbons (Fsp3) is 0.423. The zero-order valence-corrected chi connectivity index (χ0v) is 20.9. The van der Waals surface area contributed by atoms with Crippen LogP contribution in [0.5, 0.6) is 5.88 Å². The van der Waals surface area contributed by atoms with Gasteiger partial charge in [0.25, 0.3) is 0 Å². The topological polar surface area (TPSA) is 66.4 Å². The fourth-order valence-corrected chi connectivity index (χ4v) is 4.64. The Balaban J connectivity index is 1.71. The van der Waals surface area contributed by atoms with Crippen molar-refractivity contribution in [1.29, 1.82) is 0 Å². The summed E-state index contributed by atoms with van der Waals surface area (Å²) in [6, 6.07) is 5.96. The molecule has 0 unspecified atom stereocenters. The van der Waals surface area contributed by atoms with Crippen molar-refractivity contribution in [3.05, 3.63) is 59.9 Å². The van der Waals surface area contributed by atoms with Gasteiger partial charge in [0, 0.05) is 32.2 Å². The summed E-state index contributed by atoms with van der Waals surface area (Å²) in [6.07, 6.45) is -1.50. The van der Waals surface area contributed by atoms with Gasteiger partial charge in [-0.1, -0.05) is 18.2 Å². The summed E-state index contributed by atoms with van der Waals surface area (Å²) in [5.41, 5.74) is 1.20. The molecule has 10 heteroatoms. The molecule has 0 saturated carbocycles. The number of hydrogen-bond donors (Lipinski definition) is 1. The molecular weight excluding hydrogens is 469 g/mol. The van der Waals surface area contributed by atoms with Crippen LogP contribution >= 0.6 is 0 Å². The highest BCUT2D eigenvalue weighted by molar-refractivity contribution is 5.90. The molecule has 0 spiro atoms. The highest BCUT2D eigenvalue weighted by Gasteiger charge is 2.33. The number of ether oxygens (including phenoxy) is 1. The fourth-order valence-electron chi connectivity index (χ4n) is 4.64. The highest BCUT2D eigenvalue weighted by Crippen LogP contribution is 2.37. The number of halogens is 3. The standard InChI is InChI=1S/C26H31F3N6O/c1-6-21(18-8-7-9-20(17(18)4)26(27,28)29)32-23-19-14-22(25(36-5)33-24(19)31-15-30-23)35-12-10-34(11-13-35)16(2)3/h6-9,14-16,21H,1,10-13H2,2-5H3,(H,30,31,32,33)/t21-/m1/s1. The molecule has 1 aliphatic rings. The SMILES string of the molecule is C=C[C@@H](Nc1ncnc2nc(OC)c(N3CCN(C(C)C)CC3)cc12)c1cccc(C(F)(F)F)c1C. The lowest BCUT2D eigenvalue weighted by Gasteiger charge is -2.38. The van der Waals surface area contributed by atoms with Crippen LogP contribution in [-0.2, 0) is 6.18 Å². The number of aromatic nitrogens is 3. The molecule has 0 radical (unpaired) electrons. The number of rotatable bonds is 7. The number of hydrogen-bond acceptors (Lipinski definition) is 7. The van der Waals surface area contributed by atoms with Crippen molar-refractivity contribution in [2.24, 2.45) is 0 Å². The van der Waals surface area contributed by atoms with Crippen molar-refractivity contribution in [3.8, 4) is 5.88 Å². The molecule has 4 rings (SSSR count). The minimum Gasteiger partial charge on any atom is -0.479 e. The normalized spacial score (nSPS) is 15.8. The summed E-state index contributed by atoms with van der Waals surface area (Å²) in [5, 5.41) is 3.90. The van der Waals surface area contributed by atoms with Crippen molar-refractivity contribution < 1.29 is 17.9 Å². The second-order valence-corrected chi connectivity index (χ2v) is 9.10. The Hall–Kier alpha value is -3.40. The molecule has 7 nitrogen and oxygen atoms in total. The summed E-state index contributed by atoms with van der Waals surface area (Å²) in [6.45, 7) is 13.2. The van der Waals surface area contributed by atoms with Crippen LogP contribution < -0.4 is 15.0 Å². The van der Waals surface area contributed by atoms with Crippen molar-refractivity contribution in [3.63, 3.8) is 0 Å². The number of fused-ring (bicyclic) bond motifs is 1. The van der Waals surface area contributed by atoms with E-state index in [1.807, 2.05) is 6.07 Å². The van der Waals surface area contributed by atoms with E-state index in [1.165, 1.54) is 19.3 Å². The summed E-state index contributed by atoms with van der Waals surface area (Å²) in [7, 11) is 1.58. The Labute approximate surface area is 209 Å². The zero-order chi connectivity index (χ0) is 26.0. The summed E-state index contributed by atoms with van der Waals surface area (Å²) >= 11 is 0. The van der Waals surface area contributed by atoms with Crippen molar-refractivity contribution in [2.75, 3.05) is 43.5 Å². The number of anilines is 2. The first-order chi connectivity index (χ1) is 17.1. The minimum absolute atomic E-state index is 0.143. The number of piperazine rings is 1. The van der Waals surface area contributed by atoms with E-state index in [0.29, 0.717) is 34.3 Å². The molecule has 1 aliphatic heterocycles. The zero-order valence-electron chi connectivity index (χ0n) is 20.9. The molecule has 1 aromatic carbocycles. The van der Waals surface area contributed by atoms with Crippen LogP contribution in [0.2, 0.25) is 0 Å². The van der Waals surface area contributed by atoms with Gasteiger partial charge in [-0.15, -0.1) is 6.58 Å². The van der Waals surface area contributed by atoms with E-state index in [2.05, 4.69) is 50.5 Å². The Morgan fingerprint density at radius 1 is 1.14 bits per heavy atom. The molecule has 36 heavy (non-hydrogen) atoms. The van der Waals surface area contributed by atoms with E-state index in [0.717, 1.165) is 37.9 Å². The van der Waals surface area contributed by atoms with E-state index < -0.39 is 17.8 Å². The lowest BCUT2D eigenvalue weighted by molar-refractivity contribution is -0.138. The van der Waals surface area contributed by atoms with Crippen molar-refractivity contribution >= 4 is 22.5 Å². The molecule has 3 aromatic rings. The third-order valence-corrected chi connectivity index (χ3v) is 6.69. The number of nitrogens with one attached hydrogen (secondary N) is 1. The number of pyridine rings is 1. The first kappa shape index (κ1) is 25.7. The lowest BCUT2D eigenvalue weighted by atomic mass is 9.96. The van der Waals surface area contributed by atoms with Crippen LogP contribution in [-0.4, -0.2) is 59.2 Å². The summed E-state index contributed by atoms with van der Waals surface area (Å²) < 4.78 is 46.1. The van der Waals surface area contributed by atoms with Crippen LogP contribution in [0.25, 0.3) is 11.0 Å². The van der Waals surface area contributed by atoms with E-state index >= 15 is 0 Å². The second-order valence-electron chi connectivity index (χ2n) is 9.10. The molecular formula is C26H31F3N6O. The van der Waals surface area contributed by atoms with Gasteiger partial charge in [0.1, 0.15) is 17.8 Å². The molecule has 1 atom stereocenters. The Morgan fingerprint density at radius 3 is 2.47 bits per heavy atom. The predicted molar refractivity (Wildman–Crippen MR) is 136 cm³/mol. The predicted octanol–water partition coefficient (Wildman–Crippen LogP) is 5.23. The maximum atomic E-state index is 13.5. The van der Waals surface area contributed by atoms with Gasteiger partial charge in [0.15, 0.2) is 5.65 Å². The van der Waals surface area contributed by atoms with Crippen LogP contribution in [0.4, 0.5) is 24.7 Å².